The number of methoxy groups -OCH3 is 2. The third kappa shape index (κ3) is 18.7. The lowest BCUT2D eigenvalue weighted by Crippen LogP contribution is -2.66. The molecule has 0 unspecified atom stereocenters. The van der Waals surface area contributed by atoms with Crippen LogP contribution in [0.2, 0.25) is 0 Å². The molecule has 14 rings (SSSR count). The van der Waals surface area contributed by atoms with Crippen molar-refractivity contribution in [3.8, 4) is 152 Å². The van der Waals surface area contributed by atoms with E-state index in [1.54, 1.807) is 51.4 Å². The van der Waals surface area contributed by atoms with Crippen molar-refractivity contribution in [1.29, 1.82) is 0 Å². The van der Waals surface area contributed by atoms with Gasteiger partial charge in [0.05, 0.1) is 89.2 Å². The number of aromatic nitrogens is 9. The number of hydrogen-bond donors (Lipinski definition) is 2. The Hall–Kier alpha value is -14.3. The predicted molar refractivity (Wildman–Crippen MR) is 437 cm³/mol. The number of nitrogens with zero attached hydrogens (tertiary/aromatic N) is 9. The van der Waals surface area contributed by atoms with Crippen LogP contribution >= 0.6 is 0 Å². The maximum atomic E-state index is 13.7. The molecular weight excluding hydrogens is 1470 g/mol. The number of nitrogens with one attached hydrogen (secondary N) is 2. The van der Waals surface area contributed by atoms with Gasteiger partial charge in [-0.25, -0.2) is 19.7 Å². The van der Waals surface area contributed by atoms with Gasteiger partial charge in [0, 0.05) is 88.1 Å². The summed E-state index contributed by atoms with van der Waals surface area (Å²) in [7, 11) is 3.26. The Morgan fingerprint density at radius 1 is 0.345 bits per heavy atom. The van der Waals surface area contributed by atoms with E-state index < -0.39 is 67.2 Å². The van der Waals surface area contributed by atoms with E-state index in [9.17, 15) is 24.0 Å². The molecule has 116 heavy (non-hydrogen) atoms. The number of ether oxygens (including phenoxy) is 8. The van der Waals surface area contributed by atoms with Gasteiger partial charge in [0.1, 0.15) is 12.7 Å². The minimum Gasteiger partial charge on any atom is -0.492 e. The molecule has 2 amide bonds. The van der Waals surface area contributed by atoms with Crippen molar-refractivity contribution in [2.75, 3.05) is 34.0 Å². The van der Waals surface area contributed by atoms with Crippen LogP contribution in [0.3, 0.4) is 0 Å². The summed E-state index contributed by atoms with van der Waals surface area (Å²) in [6, 6.07) is 71.2. The molecule has 4 aromatic carbocycles. The molecule has 2 N–H and O–H groups in total. The fraction of sp³-hybridized carbons (Fsp3) is 0.196. The van der Waals surface area contributed by atoms with E-state index in [1.165, 1.54) is 6.92 Å². The zero-order chi connectivity index (χ0) is 80.4. The first-order chi connectivity index (χ1) is 56.6. The number of carbonyl (C=O) groups is 5. The second kappa shape index (κ2) is 36.9. The van der Waals surface area contributed by atoms with Gasteiger partial charge >= 0.3 is 29.9 Å². The minimum atomic E-state index is -1.48. The normalized spacial score (nSPS) is 14.9. The second-order valence-corrected chi connectivity index (χ2v) is 27.2. The standard InChI is InChI=1S/C92H81N11O13/c1-56(104)112-55-81-85(113-57(2)105)89(114-58(3)106)90(115-59(4)107)91(116-81)103-92(108)99-47-15-7-8-22-48-111-88-86(109-5)83(64-37-31-61(32-38-64)67-51-77(71-25-11-18-43-95-71)101-78(52-67)72-26-12-19-44-96-72)82(63-35-29-60(30-36-63)66-49-75(69-23-9-16-41-93-69)100-76(50-66)70-24-10-17-42-94-70)84(87(88)110-6)65-39-33-62(34-40-65)68-53-79(73-27-13-20-45-97-73)102-80(54-68)74-28-14-21-46-98-74/h9-14,16-21,23-46,49-54,81,85,89-91H,7-8,15,22,47-48,55H2,1-6H3,(H2,99,103,108)/t81-,85-,89+,90-,91-/m1/s1. The summed E-state index contributed by atoms with van der Waals surface area (Å²) >= 11 is 0. The number of amides is 2. The first-order valence-corrected chi connectivity index (χ1v) is 37.8. The highest BCUT2D eigenvalue weighted by atomic mass is 16.7. The van der Waals surface area contributed by atoms with Crippen LogP contribution in [0.5, 0.6) is 17.2 Å². The predicted octanol–water partition coefficient (Wildman–Crippen LogP) is 16.6. The number of rotatable bonds is 28. The molecule has 0 aliphatic carbocycles. The molecule has 1 fully saturated rings. The number of hydrogen-bond acceptors (Lipinski definition) is 22. The SMILES string of the molecule is COc1c(OCCCCCCNC(=O)N[C@@H]2O[C@H](COC(C)=O)[C@@H](OC(C)=O)[C@H](OC(C)=O)[C@H]2OC(C)=O)c(OC)c(-c2ccc(-c3cc(-c4ccccn4)nc(-c4ccccn4)c3)cc2)c(-c2ccc(-c3cc(-c4ccccn4)nc(-c4ccccn4)c3)cc2)c1-c1ccc(-c2cc(-c3ccccn3)nc(-c3ccccn3)c2)cc1. The van der Waals surface area contributed by atoms with Gasteiger partial charge in [0.15, 0.2) is 36.0 Å². The van der Waals surface area contributed by atoms with Crippen LogP contribution in [0.4, 0.5) is 4.79 Å². The Bertz CT molecular complexity index is 5240. The van der Waals surface area contributed by atoms with E-state index in [2.05, 4.69) is 83.4 Å². The van der Waals surface area contributed by atoms with Gasteiger partial charge in [0.25, 0.3) is 0 Å². The van der Waals surface area contributed by atoms with E-state index in [4.69, 9.17) is 82.8 Å². The fourth-order valence-electron chi connectivity index (χ4n) is 14.0. The summed E-state index contributed by atoms with van der Waals surface area (Å²) < 4.78 is 48.4. The monoisotopic (exact) mass is 1550 g/mol. The lowest BCUT2D eigenvalue weighted by molar-refractivity contribution is -0.255. The van der Waals surface area contributed by atoms with Gasteiger partial charge in [0.2, 0.25) is 5.75 Å². The van der Waals surface area contributed by atoms with Gasteiger partial charge in [-0.2, -0.15) is 0 Å². The molecule has 0 radical (unpaired) electrons. The average Bonchev–Trinajstić information content (AvgIpc) is 0.733. The molecule has 0 bridgehead atoms. The quantitative estimate of drug-likeness (QED) is 0.0261. The maximum Gasteiger partial charge on any atom is 0.316 e. The molecule has 13 aromatic rings. The molecule has 1 aliphatic rings. The Morgan fingerprint density at radius 3 is 1.00 bits per heavy atom. The van der Waals surface area contributed by atoms with Crippen molar-refractivity contribution in [3.63, 3.8) is 0 Å². The van der Waals surface area contributed by atoms with Crippen molar-refractivity contribution < 1.29 is 61.9 Å². The van der Waals surface area contributed by atoms with E-state index in [0.29, 0.717) is 122 Å². The van der Waals surface area contributed by atoms with Crippen molar-refractivity contribution in [2.45, 2.75) is 84.0 Å². The summed E-state index contributed by atoms with van der Waals surface area (Å²) in [4.78, 5) is 106. The molecule has 1 aliphatic heterocycles. The van der Waals surface area contributed by atoms with Gasteiger partial charge in [-0.3, -0.25) is 49.1 Å². The number of benzene rings is 4. The van der Waals surface area contributed by atoms with Crippen LogP contribution < -0.4 is 24.8 Å². The molecule has 24 nitrogen and oxygen atoms in total. The number of carbonyl (C=O) groups excluding carboxylic acids is 5. The summed E-state index contributed by atoms with van der Waals surface area (Å²) in [5.74, 6) is -1.89. The number of urea groups is 1. The Morgan fingerprint density at radius 2 is 0.672 bits per heavy atom. The van der Waals surface area contributed by atoms with Crippen molar-refractivity contribution in [2.24, 2.45) is 0 Å². The highest BCUT2D eigenvalue weighted by Gasteiger charge is 2.53. The third-order valence-corrected chi connectivity index (χ3v) is 19.2. The van der Waals surface area contributed by atoms with Crippen LogP contribution in [0.1, 0.15) is 53.4 Å². The summed E-state index contributed by atoms with van der Waals surface area (Å²) in [5, 5.41) is 5.49. The lowest BCUT2D eigenvalue weighted by Gasteiger charge is -2.44. The van der Waals surface area contributed by atoms with E-state index in [-0.39, 0.29) is 13.2 Å². The van der Waals surface area contributed by atoms with Crippen LogP contribution in [0.25, 0.3) is 135 Å². The van der Waals surface area contributed by atoms with Crippen molar-refractivity contribution in [3.05, 3.63) is 256 Å². The van der Waals surface area contributed by atoms with Gasteiger partial charge < -0.3 is 48.5 Å². The van der Waals surface area contributed by atoms with Crippen molar-refractivity contribution >= 4 is 29.9 Å². The molecule has 24 heteroatoms. The second-order valence-electron chi connectivity index (χ2n) is 27.2. The highest BCUT2D eigenvalue weighted by Crippen LogP contribution is 2.57. The van der Waals surface area contributed by atoms with Crippen LogP contribution in [-0.4, -0.2) is 139 Å². The molecule has 582 valence electrons. The Kier molecular flexibility index (Phi) is 25.0. The molecular formula is C92H81N11O13. The van der Waals surface area contributed by atoms with Gasteiger partial charge in [-0.15, -0.1) is 0 Å². The van der Waals surface area contributed by atoms with E-state index >= 15 is 0 Å². The topological polar surface area (TPSA) is 299 Å². The zero-order valence-electron chi connectivity index (χ0n) is 64.4. The van der Waals surface area contributed by atoms with Gasteiger partial charge in [-0.05, 0) is 172 Å². The third-order valence-electron chi connectivity index (χ3n) is 19.2. The Labute approximate surface area is 669 Å². The van der Waals surface area contributed by atoms with E-state index in [0.717, 1.165) is 76.4 Å². The number of esters is 4. The van der Waals surface area contributed by atoms with Crippen LogP contribution in [0.15, 0.2) is 256 Å². The zero-order valence-corrected chi connectivity index (χ0v) is 64.4. The Balaban J connectivity index is 0.840. The summed E-state index contributed by atoms with van der Waals surface area (Å²) in [6.45, 7) is 4.48. The summed E-state index contributed by atoms with van der Waals surface area (Å²) in [5.41, 5.74) is 18.3. The molecule has 0 spiro atoms. The maximum absolute atomic E-state index is 13.7. The van der Waals surface area contributed by atoms with Gasteiger partial charge in [-0.1, -0.05) is 122 Å². The number of pyridine rings is 9. The molecule has 9 aromatic heterocycles. The fourth-order valence-corrected chi connectivity index (χ4v) is 14.0. The highest BCUT2D eigenvalue weighted by molar-refractivity contribution is 6.03. The molecule has 1 saturated heterocycles. The molecule has 10 heterocycles. The first kappa shape index (κ1) is 78.4. The molecule has 5 atom stereocenters. The average molecular weight is 1550 g/mol. The lowest BCUT2D eigenvalue weighted by atomic mass is 9.84. The first-order valence-electron chi connectivity index (χ1n) is 37.8. The van der Waals surface area contributed by atoms with Crippen LogP contribution in [0, 0.1) is 0 Å². The van der Waals surface area contributed by atoms with E-state index in [1.807, 2.05) is 146 Å². The number of unbranched alkanes of at least 4 members (excludes halogenated alkanes) is 3. The molecule has 0 saturated carbocycles. The summed E-state index contributed by atoms with van der Waals surface area (Å²) in [6.07, 6.45) is 5.84. The van der Waals surface area contributed by atoms with Crippen molar-refractivity contribution in [1.82, 2.24) is 55.5 Å². The minimum absolute atomic E-state index is 0.198. The smallest absolute Gasteiger partial charge is 0.316 e. The largest absolute Gasteiger partial charge is 0.492 e. The van der Waals surface area contributed by atoms with Crippen LogP contribution in [-0.2, 0) is 42.9 Å².